The third-order valence-electron chi connectivity index (χ3n) is 4.67. The Kier molecular flexibility index (Phi) is 2.66. The average Bonchev–Trinajstić information content (AvgIpc) is 3.11. The van der Waals surface area contributed by atoms with Crippen LogP contribution in [-0.2, 0) is 4.79 Å². The largest absolute Gasteiger partial charge is 0.294 e. The molecule has 1 aromatic rings. The molecule has 4 rings (SSSR count). The summed E-state index contributed by atoms with van der Waals surface area (Å²) in [6.45, 7) is 0. The van der Waals surface area contributed by atoms with Crippen molar-refractivity contribution in [1.82, 2.24) is 0 Å². The predicted molar refractivity (Wildman–Crippen MR) is 78.0 cm³/mol. The first kappa shape index (κ1) is 11.5. The Balaban J connectivity index is 1.49. The number of carbonyl (C=O) groups is 1. The van der Waals surface area contributed by atoms with Crippen molar-refractivity contribution in [2.24, 2.45) is 23.7 Å². The van der Waals surface area contributed by atoms with Crippen LogP contribution in [0.3, 0.4) is 0 Å². The molecule has 1 fully saturated rings. The fourth-order valence-corrected chi connectivity index (χ4v) is 4.69. The Morgan fingerprint density at radius 1 is 1.11 bits per heavy atom. The van der Waals surface area contributed by atoms with E-state index in [0.29, 0.717) is 23.5 Å². The molecule has 2 heteroatoms. The third kappa shape index (κ3) is 1.81. The molecule has 4 atom stereocenters. The molecule has 0 heterocycles. The molecular weight excluding hydrogens is 252 g/mol. The molecule has 0 aromatic heterocycles. The summed E-state index contributed by atoms with van der Waals surface area (Å²) in [4.78, 5) is 13.7. The number of hydrogen-bond donors (Lipinski definition) is 0. The Morgan fingerprint density at radius 3 is 2.68 bits per heavy atom. The van der Waals surface area contributed by atoms with Gasteiger partial charge in [-0.05, 0) is 36.3 Å². The van der Waals surface area contributed by atoms with Gasteiger partial charge in [-0.1, -0.05) is 36.4 Å². The van der Waals surface area contributed by atoms with E-state index in [1.165, 1.54) is 11.3 Å². The van der Waals surface area contributed by atoms with Crippen molar-refractivity contribution < 1.29 is 4.79 Å². The van der Waals surface area contributed by atoms with E-state index in [-0.39, 0.29) is 5.92 Å². The molecule has 1 aromatic carbocycles. The van der Waals surface area contributed by atoms with Gasteiger partial charge >= 0.3 is 0 Å². The highest BCUT2D eigenvalue weighted by atomic mass is 32.2. The number of benzene rings is 1. The molecule has 3 aliphatic rings. The molecule has 2 bridgehead atoms. The van der Waals surface area contributed by atoms with E-state index < -0.39 is 0 Å². The Bertz CT molecular complexity index is 572. The van der Waals surface area contributed by atoms with Crippen molar-refractivity contribution in [3.05, 3.63) is 54.1 Å². The van der Waals surface area contributed by atoms with E-state index in [2.05, 4.69) is 30.4 Å². The lowest BCUT2D eigenvalue weighted by Crippen LogP contribution is -2.21. The molecule has 2 unspecified atom stereocenters. The van der Waals surface area contributed by atoms with Crippen LogP contribution in [0.25, 0.3) is 0 Å². The van der Waals surface area contributed by atoms with Crippen LogP contribution in [0.2, 0.25) is 0 Å². The lowest BCUT2D eigenvalue weighted by Gasteiger charge is -2.17. The second kappa shape index (κ2) is 4.38. The summed E-state index contributed by atoms with van der Waals surface area (Å²) >= 11 is 1.77. The van der Waals surface area contributed by atoms with Crippen LogP contribution in [0, 0.1) is 23.7 Å². The highest BCUT2D eigenvalue weighted by Crippen LogP contribution is 2.53. The van der Waals surface area contributed by atoms with Crippen molar-refractivity contribution in [3.8, 4) is 0 Å². The fraction of sp³-hybridized carbons (Fsp3) is 0.353. The zero-order valence-electron chi connectivity index (χ0n) is 10.7. The number of thioether (sulfide) groups is 1. The van der Waals surface area contributed by atoms with Crippen molar-refractivity contribution in [2.45, 2.75) is 11.3 Å². The summed E-state index contributed by atoms with van der Waals surface area (Å²) in [5.41, 5.74) is 1.06. The molecule has 1 nitrogen and oxygen atoms in total. The van der Waals surface area contributed by atoms with Gasteiger partial charge in [0.25, 0.3) is 0 Å². The van der Waals surface area contributed by atoms with E-state index in [9.17, 15) is 4.79 Å². The lowest BCUT2D eigenvalue weighted by molar-refractivity contribution is -0.119. The van der Waals surface area contributed by atoms with Crippen molar-refractivity contribution in [1.29, 1.82) is 0 Å². The highest BCUT2D eigenvalue weighted by molar-refractivity contribution is 7.99. The monoisotopic (exact) mass is 268 g/mol. The minimum atomic E-state index is 0.279. The zero-order chi connectivity index (χ0) is 12.8. The molecule has 0 amide bonds. The molecule has 96 valence electrons. The van der Waals surface area contributed by atoms with Crippen LogP contribution in [-0.4, -0.2) is 11.5 Å². The molecule has 19 heavy (non-hydrogen) atoms. The number of ketones is 1. The van der Waals surface area contributed by atoms with Gasteiger partial charge in [-0.2, -0.15) is 0 Å². The minimum Gasteiger partial charge on any atom is -0.294 e. The number of fused-ring (bicyclic) bond motifs is 5. The molecule has 0 radical (unpaired) electrons. The molecular formula is C17H16OS. The van der Waals surface area contributed by atoms with Crippen LogP contribution in [0.1, 0.15) is 6.42 Å². The first-order chi connectivity index (χ1) is 9.33. The lowest BCUT2D eigenvalue weighted by atomic mass is 9.85. The first-order valence-electron chi connectivity index (χ1n) is 6.94. The van der Waals surface area contributed by atoms with E-state index in [4.69, 9.17) is 0 Å². The average molecular weight is 268 g/mol. The summed E-state index contributed by atoms with van der Waals surface area (Å²) in [7, 11) is 0. The summed E-state index contributed by atoms with van der Waals surface area (Å²) in [6, 6.07) is 10.3. The van der Waals surface area contributed by atoms with Gasteiger partial charge in [0.05, 0.1) is 0 Å². The van der Waals surface area contributed by atoms with Crippen LogP contribution >= 0.6 is 11.8 Å². The quantitative estimate of drug-likeness (QED) is 0.614. The zero-order valence-corrected chi connectivity index (χ0v) is 11.5. The van der Waals surface area contributed by atoms with Crippen LogP contribution < -0.4 is 0 Å². The van der Waals surface area contributed by atoms with Crippen LogP contribution in [0.15, 0.2) is 59.0 Å². The number of allylic oxidation sites excluding steroid dienone is 3. The van der Waals surface area contributed by atoms with Gasteiger partial charge in [-0.15, -0.1) is 11.8 Å². The van der Waals surface area contributed by atoms with E-state index in [1.807, 2.05) is 18.2 Å². The summed E-state index contributed by atoms with van der Waals surface area (Å²) in [6.07, 6.45) is 8.07. The molecule has 0 saturated heterocycles. The van der Waals surface area contributed by atoms with Crippen molar-refractivity contribution in [2.75, 3.05) is 5.75 Å². The second-order valence-electron chi connectivity index (χ2n) is 5.71. The van der Waals surface area contributed by atoms with Gasteiger partial charge in [0.2, 0.25) is 0 Å². The van der Waals surface area contributed by atoms with E-state index in [0.717, 1.165) is 11.3 Å². The molecule has 3 aliphatic carbocycles. The smallest absolute Gasteiger partial charge is 0.163 e. The fourth-order valence-electron chi connectivity index (χ4n) is 3.78. The first-order valence-corrected chi connectivity index (χ1v) is 7.92. The van der Waals surface area contributed by atoms with E-state index in [1.54, 1.807) is 11.8 Å². The maximum atomic E-state index is 12.5. The third-order valence-corrected chi connectivity index (χ3v) is 5.73. The van der Waals surface area contributed by atoms with Gasteiger partial charge in [0, 0.05) is 22.1 Å². The van der Waals surface area contributed by atoms with Gasteiger partial charge in [-0.3, -0.25) is 4.79 Å². The molecule has 0 aliphatic heterocycles. The van der Waals surface area contributed by atoms with Gasteiger partial charge in [-0.25, -0.2) is 0 Å². The van der Waals surface area contributed by atoms with Crippen molar-refractivity contribution >= 4 is 17.5 Å². The Labute approximate surface area is 117 Å². The Hall–Kier alpha value is -1.28. The van der Waals surface area contributed by atoms with Crippen LogP contribution in [0.5, 0.6) is 0 Å². The normalized spacial score (nSPS) is 34.7. The maximum absolute atomic E-state index is 12.5. The standard InChI is InChI=1S/C17H16OS/c18-17-13(10-19-14-4-2-1-3-5-14)9-15-11-6-7-12(8-11)16(15)17/h1-7,9,11-12,15-16H,8,10H2/t11-,12+,15?,16?/m1/s1. The minimum absolute atomic E-state index is 0.279. The Morgan fingerprint density at radius 2 is 1.89 bits per heavy atom. The summed E-state index contributed by atoms with van der Waals surface area (Å²) in [5, 5.41) is 0. The maximum Gasteiger partial charge on any atom is 0.163 e. The van der Waals surface area contributed by atoms with Gasteiger partial charge < -0.3 is 0 Å². The summed E-state index contributed by atoms with van der Waals surface area (Å²) in [5.74, 6) is 3.20. The van der Waals surface area contributed by atoms with Crippen molar-refractivity contribution in [3.63, 3.8) is 0 Å². The van der Waals surface area contributed by atoms with Crippen LogP contribution in [0.4, 0.5) is 0 Å². The number of carbonyl (C=O) groups excluding carboxylic acids is 1. The second-order valence-corrected chi connectivity index (χ2v) is 6.76. The number of hydrogen-bond acceptors (Lipinski definition) is 2. The number of Topliss-reactive ketones (excluding diaryl/α,β-unsaturated/α-hetero) is 1. The highest BCUT2D eigenvalue weighted by Gasteiger charge is 2.50. The van der Waals surface area contributed by atoms with E-state index >= 15 is 0 Å². The summed E-state index contributed by atoms with van der Waals surface area (Å²) < 4.78 is 0. The predicted octanol–water partition coefficient (Wildman–Crippen LogP) is 3.73. The molecule has 0 N–H and O–H groups in total. The SMILES string of the molecule is O=C1C(CSc2ccccc2)=CC2C1[C@H]1C=C[C@@H]2C1. The molecule has 0 spiro atoms. The van der Waals surface area contributed by atoms with Gasteiger partial charge in [0.15, 0.2) is 5.78 Å². The topological polar surface area (TPSA) is 17.1 Å². The molecule has 1 saturated carbocycles. The number of rotatable bonds is 3. The van der Waals surface area contributed by atoms with Gasteiger partial charge in [0.1, 0.15) is 0 Å².